The molecule has 0 aromatic rings. The molecule has 0 spiro atoms. The quantitative estimate of drug-likeness (QED) is 0.313. The largest absolute Gasteiger partial charge is 0.479 e. The Kier molecular flexibility index (Phi) is 5.58. The van der Waals surface area contributed by atoms with E-state index in [0.29, 0.717) is 6.54 Å². The highest BCUT2D eigenvalue weighted by Crippen LogP contribution is 2.00. The van der Waals surface area contributed by atoms with E-state index in [0.717, 1.165) is 6.92 Å². The highest BCUT2D eigenvalue weighted by atomic mass is 16.4. The maximum Gasteiger partial charge on any atom is 0.337 e. The van der Waals surface area contributed by atoms with E-state index in [2.05, 4.69) is 17.2 Å². The Morgan fingerprint density at radius 1 is 1.53 bits per heavy atom. The molecule has 0 fully saturated rings. The molecule has 6 heteroatoms. The zero-order chi connectivity index (χ0) is 11.9. The number of aliphatic hydroxyl groups is 1. The van der Waals surface area contributed by atoms with Gasteiger partial charge in [-0.15, -0.1) is 6.58 Å². The van der Waals surface area contributed by atoms with Crippen molar-refractivity contribution in [2.75, 3.05) is 19.6 Å². The molecule has 0 aliphatic rings. The lowest BCUT2D eigenvalue weighted by molar-refractivity contribution is -0.156. The van der Waals surface area contributed by atoms with Crippen molar-refractivity contribution in [3.63, 3.8) is 0 Å². The first-order valence-corrected chi connectivity index (χ1v) is 4.44. The SMILES string of the molecule is C=CCNCC(=O)NCC(C)(O)C(=O)O. The van der Waals surface area contributed by atoms with Crippen molar-refractivity contribution in [2.45, 2.75) is 12.5 Å². The lowest BCUT2D eigenvalue weighted by atomic mass is 10.1. The number of rotatable bonds is 7. The smallest absolute Gasteiger partial charge is 0.337 e. The van der Waals surface area contributed by atoms with Crippen LogP contribution < -0.4 is 10.6 Å². The molecule has 0 aromatic heterocycles. The van der Waals surface area contributed by atoms with E-state index in [4.69, 9.17) is 5.11 Å². The van der Waals surface area contributed by atoms with E-state index in [1.807, 2.05) is 0 Å². The number of amides is 1. The molecule has 0 radical (unpaired) electrons. The molecule has 86 valence electrons. The standard InChI is InChI=1S/C9H16N2O4/c1-3-4-10-5-7(12)11-6-9(2,15)8(13)14/h3,10,15H,1,4-6H2,2H3,(H,11,12)(H,13,14). The summed E-state index contributed by atoms with van der Waals surface area (Å²) in [4.78, 5) is 21.5. The maximum atomic E-state index is 11.1. The third kappa shape index (κ3) is 5.82. The number of hydrogen-bond acceptors (Lipinski definition) is 4. The van der Waals surface area contributed by atoms with Crippen LogP contribution in [-0.4, -0.2) is 47.3 Å². The fourth-order valence-electron chi connectivity index (χ4n) is 0.697. The Balaban J connectivity index is 3.80. The second-order valence-electron chi connectivity index (χ2n) is 3.28. The normalized spacial score (nSPS) is 14.0. The third-order valence-electron chi connectivity index (χ3n) is 1.66. The molecule has 1 atom stereocenters. The number of nitrogens with one attached hydrogen (secondary N) is 2. The number of carbonyl (C=O) groups is 2. The molecule has 0 rings (SSSR count). The van der Waals surface area contributed by atoms with Gasteiger partial charge in [0.25, 0.3) is 0 Å². The topological polar surface area (TPSA) is 98.7 Å². The van der Waals surface area contributed by atoms with Crippen LogP contribution >= 0.6 is 0 Å². The predicted octanol–water partition coefficient (Wildman–Crippen LogP) is -1.29. The minimum atomic E-state index is -1.94. The summed E-state index contributed by atoms with van der Waals surface area (Å²) >= 11 is 0. The molecular formula is C9H16N2O4. The van der Waals surface area contributed by atoms with Gasteiger partial charge in [0.05, 0.1) is 13.1 Å². The van der Waals surface area contributed by atoms with Crippen LogP contribution in [0.15, 0.2) is 12.7 Å². The van der Waals surface area contributed by atoms with E-state index in [1.165, 1.54) is 0 Å². The Morgan fingerprint density at radius 3 is 2.60 bits per heavy atom. The maximum absolute atomic E-state index is 11.1. The zero-order valence-electron chi connectivity index (χ0n) is 8.62. The van der Waals surface area contributed by atoms with Crippen LogP contribution in [0, 0.1) is 0 Å². The van der Waals surface area contributed by atoms with Gasteiger partial charge >= 0.3 is 5.97 Å². The average Bonchev–Trinajstić information content (AvgIpc) is 2.15. The van der Waals surface area contributed by atoms with Crippen LogP contribution in [-0.2, 0) is 9.59 Å². The lowest BCUT2D eigenvalue weighted by Crippen LogP contribution is -2.48. The van der Waals surface area contributed by atoms with Gasteiger partial charge in [-0.25, -0.2) is 4.79 Å². The summed E-state index contributed by atoms with van der Waals surface area (Å²) < 4.78 is 0. The minimum Gasteiger partial charge on any atom is -0.479 e. The van der Waals surface area contributed by atoms with Crippen molar-refractivity contribution in [1.82, 2.24) is 10.6 Å². The Bertz CT molecular complexity index is 250. The highest BCUT2D eigenvalue weighted by Gasteiger charge is 2.29. The summed E-state index contributed by atoms with van der Waals surface area (Å²) in [6.07, 6.45) is 1.60. The van der Waals surface area contributed by atoms with Gasteiger partial charge in [0.2, 0.25) is 5.91 Å². The second-order valence-corrected chi connectivity index (χ2v) is 3.28. The molecule has 6 nitrogen and oxygen atoms in total. The van der Waals surface area contributed by atoms with E-state index in [-0.39, 0.29) is 19.0 Å². The van der Waals surface area contributed by atoms with Gasteiger partial charge in [-0.2, -0.15) is 0 Å². The molecular weight excluding hydrogens is 200 g/mol. The van der Waals surface area contributed by atoms with E-state index in [1.54, 1.807) is 6.08 Å². The van der Waals surface area contributed by atoms with Crippen LogP contribution in [0.2, 0.25) is 0 Å². The van der Waals surface area contributed by atoms with Gasteiger partial charge in [-0.05, 0) is 6.92 Å². The van der Waals surface area contributed by atoms with Gasteiger partial charge in [-0.3, -0.25) is 4.79 Å². The Labute approximate surface area is 88.0 Å². The molecule has 0 saturated carbocycles. The predicted molar refractivity (Wildman–Crippen MR) is 54.3 cm³/mol. The summed E-state index contributed by atoms with van der Waals surface area (Å²) in [7, 11) is 0. The van der Waals surface area contributed by atoms with Gasteiger partial charge in [0.1, 0.15) is 0 Å². The first-order valence-electron chi connectivity index (χ1n) is 4.44. The first-order chi connectivity index (χ1) is 6.90. The summed E-state index contributed by atoms with van der Waals surface area (Å²) in [5, 5.41) is 22.8. The van der Waals surface area contributed by atoms with Crippen LogP contribution in [0.5, 0.6) is 0 Å². The Morgan fingerprint density at radius 2 is 2.13 bits per heavy atom. The van der Waals surface area contributed by atoms with Crippen molar-refractivity contribution in [2.24, 2.45) is 0 Å². The summed E-state index contributed by atoms with van der Waals surface area (Å²) in [6.45, 7) is 4.80. The zero-order valence-corrected chi connectivity index (χ0v) is 8.62. The van der Waals surface area contributed by atoms with Gasteiger partial charge in [0.15, 0.2) is 5.60 Å². The molecule has 0 heterocycles. The van der Waals surface area contributed by atoms with Crippen molar-refractivity contribution < 1.29 is 19.8 Å². The summed E-state index contributed by atoms with van der Waals surface area (Å²) in [6, 6.07) is 0. The number of aliphatic carboxylic acids is 1. The van der Waals surface area contributed by atoms with Gasteiger partial charge in [0, 0.05) is 6.54 Å². The molecule has 0 bridgehead atoms. The second kappa shape index (κ2) is 6.15. The summed E-state index contributed by atoms with van der Waals surface area (Å²) in [5.41, 5.74) is -1.94. The van der Waals surface area contributed by atoms with E-state index in [9.17, 15) is 14.7 Å². The molecule has 1 amide bonds. The van der Waals surface area contributed by atoms with Crippen molar-refractivity contribution in [3.8, 4) is 0 Å². The monoisotopic (exact) mass is 216 g/mol. The third-order valence-corrected chi connectivity index (χ3v) is 1.66. The highest BCUT2D eigenvalue weighted by molar-refractivity contribution is 5.81. The van der Waals surface area contributed by atoms with Crippen LogP contribution in [0.3, 0.4) is 0 Å². The van der Waals surface area contributed by atoms with Gasteiger partial charge < -0.3 is 20.8 Å². The minimum absolute atomic E-state index is 0.0573. The molecule has 0 aliphatic heterocycles. The number of carbonyl (C=O) groups excluding carboxylic acids is 1. The fraction of sp³-hybridized carbons (Fsp3) is 0.556. The van der Waals surface area contributed by atoms with Crippen LogP contribution in [0.25, 0.3) is 0 Å². The summed E-state index contributed by atoms with van der Waals surface area (Å²) in [5.74, 6) is -1.75. The molecule has 1 unspecified atom stereocenters. The number of carboxylic acids is 1. The molecule has 0 saturated heterocycles. The molecule has 0 aromatic carbocycles. The molecule has 15 heavy (non-hydrogen) atoms. The Hall–Kier alpha value is -1.40. The lowest BCUT2D eigenvalue weighted by Gasteiger charge is -2.18. The molecule has 0 aliphatic carbocycles. The number of carboxylic acid groups (broad SMARTS) is 1. The fourth-order valence-corrected chi connectivity index (χ4v) is 0.697. The van der Waals surface area contributed by atoms with Crippen molar-refractivity contribution >= 4 is 11.9 Å². The van der Waals surface area contributed by atoms with Crippen molar-refractivity contribution in [1.29, 1.82) is 0 Å². The molecule has 4 N–H and O–H groups in total. The van der Waals surface area contributed by atoms with Crippen molar-refractivity contribution in [3.05, 3.63) is 12.7 Å². The van der Waals surface area contributed by atoms with E-state index >= 15 is 0 Å². The van der Waals surface area contributed by atoms with E-state index < -0.39 is 11.6 Å². The number of hydrogen-bond donors (Lipinski definition) is 4. The van der Waals surface area contributed by atoms with Crippen LogP contribution in [0.1, 0.15) is 6.92 Å². The average molecular weight is 216 g/mol. The first kappa shape index (κ1) is 13.6. The van der Waals surface area contributed by atoms with Gasteiger partial charge in [-0.1, -0.05) is 6.08 Å². The van der Waals surface area contributed by atoms with Crippen LogP contribution in [0.4, 0.5) is 0 Å².